The summed E-state index contributed by atoms with van der Waals surface area (Å²) in [7, 11) is 1.68. The van der Waals surface area contributed by atoms with Gasteiger partial charge in [-0.1, -0.05) is 27.7 Å². The second-order valence-corrected chi connectivity index (χ2v) is 6.88. The molecule has 0 bridgehead atoms. The molecule has 4 heteroatoms. The van der Waals surface area contributed by atoms with E-state index in [1.165, 1.54) is 12.0 Å². The van der Waals surface area contributed by atoms with Crippen molar-refractivity contribution in [2.45, 2.75) is 53.1 Å². The number of hydrogen-bond donors (Lipinski definition) is 1. The average Bonchev–Trinajstić information content (AvgIpc) is 2.42. The van der Waals surface area contributed by atoms with Crippen LogP contribution in [0, 0.1) is 5.92 Å². The molecule has 1 N–H and O–H groups in total. The van der Waals surface area contributed by atoms with Gasteiger partial charge in [0.05, 0.1) is 18.2 Å². The Morgan fingerprint density at radius 1 is 1.19 bits per heavy atom. The second-order valence-electron chi connectivity index (χ2n) is 6.03. The molecule has 0 heterocycles. The van der Waals surface area contributed by atoms with Gasteiger partial charge in [-0.05, 0) is 52.4 Å². The summed E-state index contributed by atoms with van der Waals surface area (Å²) in [4.78, 5) is 0. The largest absolute Gasteiger partial charge is 0.493 e. The van der Waals surface area contributed by atoms with Crippen LogP contribution < -0.4 is 14.8 Å². The van der Waals surface area contributed by atoms with Crippen LogP contribution in [0.2, 0.25) is 0 Å². The number of nitrogens with one attached hydrogen (secondary N) is 1. The number of ether oxygens (including phenoxy) is 2. The van der Waals surface area contributed by atoms with E-state index in [0.717, 1.165) is 35.5 Å². The molecule has 0 radical (unpaired) electrons. The van der Waals surface area contributed by atoms with Crippen molar-refractivity contribution in [1.29, 1.82) is 0 Å². The van der Waals surface area contributed by atoms with E-state index >= 15 is 0 Å². The Morgan fingerprint density at radius 2 is 1.90 bits per heavy atom. The molecular weight excluding hydrogens is 330 g/mol. The summed E-state index contributed by atoms with van der Waals surface area (Å²) in [6, 6.07) is 4.59. The van der Waals surface area contributed by atoms with Crippen LogP contribution in [0.4, 0.5) is 0 Å². The van der Waals surface area contributed by atoms with Crippen LogP contribution in [0.1, 0.15) is 46.1 Å². The fourth-order valence-electron chi connectivity index (χ4n) is 2.00. The molecule has 1 rings (SSSR count). The second kappa shape index (κ2) is 9.31. The van der Waals surface area contributed by atoms with E-state index in [-0.39, 0.29) is 0 Å². The van der Waals surface area contributed by atoms with Crippen LogP contribution >= 0.6 is 15.9 Å². The van der Waals surface area contributed by atoms with E-state index in [4.69, 9.17) is 9.47 Å². The lowest BCUT2D eigenvalue weighted by atomic mass is 10.1. The summed E-state index contributed by atoms with van der Waals surface area (Å²) in [6.07, 6.45) is 2.24. The third-order valence-electron chi connectivity index (χ3n) is 3.18. The van der Waals surface area contributed by atoms with Gasteiger partial charge < -0.3 is 14.8 Å². The Morgan fingerprint density at radius 3 is 2.48 bits per heavy atom. The van der Waals surface area contributed by atoms with Gasteiger partial charge in [-0.15, -0.1) is 0 Å². The molecule has 0 spiro atoms. The highest BCUT2D eigenvalue weighted by molar-refractivity contribution is 9.10. The number of hydrogen-bond acceptors (Lipinski definition) is 3. The normalized spacial score (nSPS) is 11.2. The smallest absolute Gasteiger partial charge is 0.175 e. The SMILES string of the molecule is COc1cc(CNC(C)C)cc(Br)c1OCCCC(C)C. The quantitative estimate of drug-likeness (QED) is 0.645. The molecule has 0 saturated heterocycles. The van der Waals surface area contributed by atoms with E-state index in [0.29, 0.717) is 12.0 Å². The van der Waals surface area contributed by atoms with Crippen LogP contribution in [-0.4, -0.2) is 19.8 Å². The van der Waals surface area contributed by atoms with Crippen LogP contribution in [0.3, 0.4) is 0 Å². The first-order chi connectivity index (χ1) is 9.93. The maximum absolute atomic E-state index is 5.90. The van der Waals surface area contributed by atoms with Crippen molar-refractivity contribution in [2.24, 2.45) is 5.92 Å². The topological polar surface area (TPSA) is 30.5 Å². The molecule has 0 saturated carbocycles. The van der Waals surface area contributed by atoms with Crippen molar-refractivity contribution in [3.05, 3.63) is 22.2 Å². The molecule has 1 aromatic rings. The first-order valence-corrected chi connectivity index (χ1v) is 8.46. The van der Waals surface area contributed by atoms with E-state index in [1.54, 1.807) is 7.11 Å². The zero-order valence-corrected chi connectivity index (χ0v) is 15.4. The number of halogens is 1. The molecule has 120 valence electrons. The average molecular weight is 358 g/mol. The van der Waals surface area contributed by atoms with Crippen LogP contribution in [0.15, 0.2) is 16.6 Å². The number of rotatable bonds is 9. The minimum atomic E-state index is 0.460. The third kappa shape index (κ3) is 6.70. The highest BCUT2D eigenvalue weighted by Gasteiger charge is 2.12. The van der Waals surface area contributed by atoms with Gasteiger partial charge in [0.25, 0.3) is 0 Å². The molecule has 3 nitrogen and oxygen atoms in total. The van der Waals surface area contributed by atoms with E-state index in [2.05, 4.69) is 55.0 Å². The Labute approximate surface area is 137 Å². The predicted molar refractivity (Wildman–Crippen MR) is 92.2 cm³/mol. The molecular formula is C17H28BrNO2. The van der Waals surface area contributed by atoms with Gasteiger partial charge in [0.15, 0.2) is 11.5 Å². The van der Waals surface area contributed by atoms with Crippen molar-refractivity contribution in [2.75, 3.05) is 13.7 Å². The molecule has 0 aromatic heterocycles. The highest BCUT2D eigenvalue weighted by atomic mass is 79.9. The lowest BCUT2D eigenvalue weighted by Crippen LogP contribution is -2.21. The molecule has 0 aliphatic carbocycles. The minimum absolute atomic E-state index is 0.460. The van der Waals surface area contributed by atoms with Gasteiger partial charge in [0, 0.05) is 12.6 Å². The van der Waals surface area contributed by atoms with Gasteiger partial charge in [-0.2, -0.15) is 0 Å². The zero-order chi connectivity index (χ0) is 15.8. The molecule has 1 aromatic carbocycles. The van der Waals surface area contributed by atoms with Gasteiger partial charge >= 0.3 is 0 Å². The van der Waals surface area contributed by atoms with Crippen LogP contribution in [0.25, 0.3) is 0 Å². The summed E-state index contributed by atoms with van der Waals surface area (Å²) in [5.41, 5.74) is 1.18. The predicted octanol–water partition coefficient (Wildman–Crippen LogP) is 4.77. The molecule has 0 amide bonds. The fraction of sp³-hybridized carbons (Fsp3) is 0.647. The van der Waals surface area contributed by atoms with Gasteiger partial charge in [0.1, 0.15) is 0 Å². The van der Waals surface area contributed by atoms with Crippen molar-refractivity contribution < 1.29 is 9.47 Å². The molecule has 0 aliphatic heterocycles. The van der Waals surface area contributed by atoms with Gasteiger partial charge in [0.2, 0.25) is 0 Å². The molecule has 0 aliphatic rings. The molecule has 0 fully saturated rings. The lowest BCUT2D eigenvalue weighted by Gasteiger charge is -2.16. The number of methoxy groups -OCH3 is 1. The highest BCUT2D eigenvalue weighted by Crippen LogP contribution is 2.36. The van der Waals surface area contributed by atoms with Crippen LogP contribution in [0.5, 0.6) is 11.5 Å². The van der Waals surface area contributed by atoms with E-state index in [1.807, 2.05) is 6.07 Å². The van der Waals surface area contributed by atoms with Crippen molar-refractivity contribution in [1.82, 2.24) is 5.32 Å². The summed E-state index contributed by atoms with van der Waals surface area (Å²) in [5, 5.41) is 3.41. The summed E-state index contributed by atoms with van der Waals surface area (Å²) >= 11 is 3.59. The molecule has 0 atom stereocenters. The zero-order valence-electron chi connectivity index (χ0n) is 13.8. The molecule has 21 heavy (non-hydrogen) atoms. The standard InChI is InChI=1S/C17H28BrNO2/c1-12(2)7-6-8-21-17-15(18)9-14(10-16(17)20-5)11-19-13(3)4/h9-10,12-13,19H,6-8,11H2,1-5H3. The third-order valence-corrected chi connectivity index (χ3v) is 3.76. The van der Waals surface area contributed by atoms with Gasteiger partial charge in [-0.25, -0.2) is 0 Å². The van der Waals surface area contributed by atoms with Gasteiger partial charge in [-0.3, -0.25) is 0 Å². The maximum atomic E-state index is 5.90. The van der Waals surface area contributed by atoms with Crippen LogP contribution in [-0.2, 0) is 6.54 Å². The Hall–Kier alpha value is -0.740. The lowest BCUT2D eigenvalue weighted by molar-refractivity contribution is 0.278. The minimum Gasteiger partial charge on any atom is -0.493 e. The Kier molecular flexibility index (Phi) is 8.12. The van der Waals surface area contributed by atoms with Crippen molar-refractivity contribution >= 4 is 15.9 Å². The van der Waals surface area contributed by atoms with Crippen molar-refractivity contribution in [3.63, 3.8) is 0 Å². The first-order valence-electron chi connectivity index (χ1n) is 7.66. The summed E-state index contributed by atoms with van der Waals surface area (Å²) < 4.78 is 12.3. The number of benzene rings is 1. The summed E-state index contributed by atoms with van der Waals surface area (Å²) in [6.45, 7) is 10.3. The van der Waals surface area contributed by atoms with Crippen molar-refractivity contribution in [3.8, 4) is 11.5 Å². The Bertz CT molecular complexity index is 433. The van der Waals surface area contributed by atoms with E-state index < -0.39 is 0 Å². The first kappa shape index (κ1) is 18.3. The maximum Gasteiger partial charge on any atom is 0.175 e. The molecule has 0 unspecified atom stereocenters. The fourth-order valence-corrected chi connectivity index (χ4v) is 2.61. The summed E-state index contributed by atoms with van der Waals surface area (Å²) in [5.74, 6) is 2.30. The monoisotopic (exact) mass is 357 g/mol. The Balaban J connectivity index is 2.70. The van der Waals surface area contributed by atoms with E-state index in [9.17, 15) is 0 Å².